The molecular weight excluding hydrogens is 232 g/mol. The van der Waals surface area contributed by atoms with Crippen molar-refractivity contribution in [2.75, 3.05) is 6.61 Å². The van der Waals surface area contributed by atoms with Gasteiger partial charge in [0.05, 0.1) is 6.10 Å². The second kappa shape index (κ2) is 7.63. The van der Waals surface area contributed by atoms with Crippen LogP contribution < -0.4 is 0 Å². The molecule has 1 saturated carbocycles. The van der Waals surface area contributed by atoms with Crippen LogP contribution in [0.15, 0.2) is 0 Å². The first kappa shape index (κ1) is 15.3. The summed E-state index contributed by atoms with van der Waals surface area (Å²) in [6.45, 7) is 7.67. The van der Waals surface area contributed by atoms with Crippen LogP contribution in [0.5, 0.6) is 0 Å². The second-order valence-corrected chi connectivity index (χ2v) is 6.22. The van der Waals surface area contributed by atoms with Crippen LogP contribution in [-0.4, -0.2) is 18.1 Å². The van der Waals surface area contributed by atoms with E-state index >= 15 is 0 Å². The predicted molar refractivity (Wildman–Crippen MR) is 75.8 cm³/mol. The Hall–Kier alpha value is 0.250. The predicted octanol–water partition coefficient (Wildman–Crippen LogP) is 5.16. The summed E-state index contributed by atoms with van der Waals surface area (Å²) in [5.74, 6) is 0. The molecule has 0 amide bonds. The summed E-state index contributed by atoms with van der Waals surface area (Å²) in [4.78, 5) is 0. The van der Waals surface area contributed by atoms with Crippen LogP contribution in [0.3, 0.4) is 0 Å². The van der Waals surface area contributed by atoms with Gasteiger partial charge in [0, 0.05) is 17.4 Å². The Bertz CT molecular complexity index is 207. The molecule has 0 aromatic carbocycles. The van der Waals surface area contributed by atoms with Crippen LogP contribution in [0.2, 0.25) is 0 Å². The fraction of sp³-hybridized carbons (Fsp3) is 1.00. The van der Waals surface area contributed by atoms with Crippen LogP contribution in [0.1, 0.15) is 72.1 Å². The van der Waals surface area contributed by atoms with Crippen molar-refractivity contribution in [2.45, 2.75) is 83.6 Å². The van der Waals surface area contributed by atoms with Crippen molar-refractivity contribution < 1.29 is 4.74 Å². The summed E-state index contributed by atoms with van der Waals surface area (Å²) in [7, 11) is 0. The third kappa shape index (κ3) is 4.13. The molecule has 0 aromatic rings. The molecule has 0 heterocycles. The second-order valence-electron chi connectivity index (χ2n) is 5.69. The Morgan fingerprint density at radius 2 is 1.76 bits per heavy atom. The zero-order valence-electron chi connectivity index (χ0n) is 11.8. The highest BCUT2D eigenvalue weighted by atomic mass is 35.5. The van der Waals surface area contributed by atoms with Gasteiger partial charge in [-0.1, -0.05) is 52.9 Å². The highest BCUT2D eigenvalue weighted by Gasteiger charge is 2.50. The first-order valence-electron chi connectivity index (χ1n) is 7.40. The van der Waals surface area contributed by atoms with Crippen molar-refractivity contribution >= 4 is 11.6 Å². The number of unbranched alkanes of at least 4 members (excludes halogenated alkanes) is 5. The Labute approximate surface area is 112 Å². The van der Waals surface area contributed by atoms with Gasteiger partial charge in [-0.3, -0.25) is 0 Å². The van der Waals surface area contributed by atoms with Gasteiger partial charge in [0.15, 0.2) is 0 Å². The molecule has 17 heavy (non-hydrogen) atoms. The molecule has 0 saturated heterocycles. The first-order valence-corrected chi connectivity index (χ1v) is 7.84. The minimum atomic E-state index is 0.226. The molecule has 2 heteroatoms. The quantitative estimate of drug-likeness (QED) is 0.411. The van der Waals surface area contributed by atoms with E-state index in [1.807, 2.05) is 0 Å². The molecule has 1 nitrogen and oxygen atoms in total. The molecule has 1 fully saturated rings. The minimum absolute atomic E-state index is 0.226. The van der Waals surface area contributed by atoms with E-state index in [-0.39, 0.29) is 5.41 Å². The molecule has 0 bridgehead atoms. The monoisotopic (exact) mass is 260 g/mol. The average molecular weight is 261 g/mol. The lowest BCUT2D eigenvalue weighted by atomic mass is 9.65. The van der Waals surface area contributed by atoms with Crippen molar-refractivity contribution in [1.29, 1.82) is 0 Å². The van der Waals surface area contributed by atoms with Gasteiger partial charge in [-0.15, -0.1) is 11.6 Å². The van der Waals surface area contributed by atoms with Gasteiger partial charge in [0.25, 0.3) is 0 Å². The van der Waals surface area contributed by atoms with Gasteiger partial charge in [0.1, 0.15) is 0 Å². The summed E-state index contributed by atoms with van der Waals surface area (Å²) in [5.41, 5.74) is 0.226. The molecule has 0 aromatic heterocycles. The lowest BCUT2D eigenvalue weighted by Crippen LogP contribution is -2.53. The maximum atomic E-state index is 6.27. The van der Waals surface area contributed by atoms with Gasteiger partial charge in [-0.25, -0.2) is 0 Å². The number of rotatable bonds is 9. The Kier molecular flexibility index (Phi) is 6.87. The van der Waals surface area contributed by atoms with E-state index in [1.54, 1.807) is 0 Å². The van der Waals surface area contributed by atoms with Crippen molar-refractivity contribution in [3.63, 3.8) is 0 Å². The summed E-state index contributed by atoms with van der Waals surface area (Å²) in [5, 5.41) is 0.321. The van der Waals surface area contributed by atoms with Gasteiger partial charge in [-0.05, 0) is 19.3 Å². The SMILES string of the molecule is CCCCCCCCOC1CC(Cl)C1(C)CC. The molecule has 1 aliphatic rings. The first-order chi connectivity index (χ1) is 8.15. The van der Waals surface area contributed by atoms with Crippen molar-refractivity contribution in [3.8, 4) is 0 Å². The van der Waals surface area contributed by atoms with E-state index in [9.17, 15) is 0 Å². The fourth-order valence-electron chi connectivity index (χ4n) is 2.58. The molecule has 3 unspecified atom stereocenters. The van der Waals surface area contributed by atoms with Gasteiger partial charge >= 0.3 is 0 Å². The third-order valence-corrected chi connectivity index (χ3v) is 5.13. The normalized spacial score (nSPS) is 32.5. The zero-order valence-corrected chi connectivity index (χ0v) is 12.6. The minimum Gasteiger partial charge on any atom is -0.378 e. The summed E-state index contributed by atoms with van der Waals surface area (Å²) < 4.78 is 5.98. The van der Waals surface area contributed by atoms with Crippen LogP contribution in [0.25, 0.3) is 0 Å². The van der Waals surface area contributed by atoms with E-state index in [0.717, 1.165) is 19.4 Å². The molecule has 102 valence electrons. The van der Waals surface area contributed by atoms with Gasteiger partial charge in [-0.2, -0.15) is 0 Å². The summed E-state index contributed by atoms with van der Waals surface area (Å²) in [6.07, 6.45) is 10.6. The molecule has 1 rings (SSSR count). The summed E-state index contributed by atoms with van der Waals surface area (Å²) >= 11 is 6.27. The molecular formula is C15H29ClO. The maximum Gasteiger partial charge on any atom is 0.0656 e. The van der Waals surface area contributed by atoms with E-state index in [2.05, 4.69) is 20.8 Å². The molecule has 0 spiro atoms. The Morgan fingerprint density at radius 3 is 2.35 bits per heavy atom. The zero-order chi connectivity index (χ0) is 12.7. The van der Waals surface area contributed by atoms with Crippen LogP contribution in [-0.2, 0) is 4.74 Å². The molecule has 0 radical (unpaired) electrons. The van der Waals surface area contributed by atoms with Crippen LogP contribution in [0, 0.1) is 5.41 Å². The highest BCUT2D eigenvalue weighted by Crippen LogP contribution is 2.49. The van der Waals surface area contributed by atoms with Gasteiger partial charge < -0.3 is 4.74 Å². The molecule has 0 N–H and O–H groups in total. The molecule has 0 aliphatic heterocycles. The van der Waals surface area contributed by atoms with Crippen molar-refractivity contribution in [1.82, 2.24) is 0 Å². The van der Waals surface area contributed by atoms with E-state index < -0.39 is 0 Å². The fourth-order valence-corrected chi connectivity index (χ4v) is 3.04. The average Bonchev–Trinajstić information content (AvgIpc) is 2.35. The van der Waals surface area contributed by atoms with Crippen molar-refractivity contribution in [3.05, 3.63) is 0 Å². The van der Waals surface area contributed by atoms with Crippen LogP contribution >= 0.6 is 11.6 Å². The Morgan fingerprint density at radius 1 is 1.12 bits per heavy atom. The summed E-state index contributed by atoms with van der Waals surface area (Å²) in [6, 6.07) is 0. The Balaban J connectivity index is 2.00. The number of halogens is 1. The molecule has 1 aliphatic carbocycles. The number of ether oxygens (including phenoxy) is 1. The largest absolute Gasteiger partial charge is 0.378 e. The number of hydrogen-bond donors (Lipinski definition) is 0. The topological polar surface area (TPSA) is 9.23 Å². The van der Waals surface area contributed by atoms with E-state index in [1.165, 1.54) is 38.5 Å². The van der Waals surface area contributed by atoms with Crippen molar-refractivity contribution in [2.24, 2.45) is 5.41 Å². The standard InChI is InChI=1S/C15H29ClO/c1-4-6-7-8-9-10-11-17-14-12-13(16)15(14,3)5-2/h13-14H,4-12H2,1-3H3. The molecule has 3 atom stereocenters. The van der Waals surface area contributed by atoms with Gasteiger partial charge in [0.2, 0.25) is 0 Å². The lowest BCUT2D eigenvalue weighted by molar-refractivity contribution is -0.100. The highest BCUT2D eigenvalue weighted by molar-refractivity contribution is 6.21. The third-order valence-electron chi connectivity index (χ3n) is 4.45. The smallest absolute Gasteiger partial charge is 0.0656 e. The van der Waals surface area contributed by atoms with Crippen LogP contribution in [0.4, 0.5) is 0 Å². The number of hydrogen-bond acceptors (Lipinski definition) is 1. The lowest BCUT2D eigenvalue weighted by Gasteiger charge is -2.50. The van der Waals surface area contributed by atoms with E-state index in [4.69, 9.17) is 16.3 Å². The maximum absolute atomic E-state index is 6.27. The van der Waals surface area contributed by atoms with E-state index in [0.29, 0.717) is 11.5 Å². The number of alkyl halides is 1.